The van der Waals surface area contributed by atoms with Crippen molar-refractivity contribution in [3.63, 3.8) is 0 Å². The monoisotopic (exact) mass is 269 g/mol. The summed E-state index contributed by atoms with van der Waals surface area (Å²) in [6.45, 7) is 2.61. The van der Waals surface area contributed by atoms with Crippen LogP contribution in [0.5, 0.6) is 0 Å². The van der Waals surface area contributed by atoms with Crippen LogP contribution in [0.25, 0.3) is 0 Å². The number of carbonyl (C=O) groups excluding carboxylic acids is 1. The van der Waals surface area contributed by atoms with Gasteiger partial charge < -0.3 is 14.7 Å². The van der Waals surface area contributed by atoms with E-state index in [2.05, 4.69) is 0 Å². The Kier molecular flexibility index (Phi) is 4.45. The molecule has 0 bridgehead atoms. The first kappa shape index (κ1) is 14.3. The number of aliphatic carboxylic acids is 1. The highest BCUT2D eigenvalue weighted by Gasteiger charge is 2.42. The van der Waals surface area contributed by atoms with Crippen molar-refractivity contribution in [2.75, 3.05) is 19.7 Å². The molecule has 1 amide bonds. The molecule has 1 saturated carbocycles. The van der Waals surface area contributed by atoms with E-state index in [4.69, 9.17) is 9.84 Å². The Morgan fingerprint density at radius 3 is 2.47 bits per heavy atom. The van der Waals surface area contributed by atoms with Gasteiger partial charge in [-0.15, -0.1) is 0 Å². The predicted octanol–water partition coefficient (Wildman–Crippen LogP) is 1.66. The van der Waals surface area contributed by atoms with Gasteiger partial charge in [0, 0.05) is 6.42 Å². The molecule has 0 unspecified atom stereocenters. The number of ether oxygens (including phenoxy) is 1. The van der Waals surface area contributed by atoms with Crippen molar-refractivity contribution in [3.05, 3.63) is 0 Å². The van der Waals surface area contributed by atoms with Crippen LogP contribution in [-0.4, -0.2) is 47.2 Å². The molecule has 19 heavy (non-hydrogen) atoms. The minimum absolute atomic E-state index is 0.198. The van der Waals surface area contributed by atoms with Crippen molar-refractivity contribution in [2.24, 2.45) is 5.92 Å². The maximum Gasteiger partial charge on any atom is 0.329 e. The molecule has 0 aromatic heterocycles. The summed E-state index contributed by atoms with van der Waals surface area (Å²) in [5.74, 6) is -0.218. The fraction of sp³-hybridized carbons (Fsp3) is 0.857. The van der Waals surface area contributed by atoms with Crippen molar-refractivity contribution >= 4 is 11.9 Å². The topological polar surface area (TPSA) is 66.8 Å². The highest BCUT2D eigenvalue weighted by atomic mass is 16.5. The molecule has 2 fully saturated rings. The first-order valence-corrected chi connectivity index (χ1v) is 7.12. The number of nitrogens with zero attached hydrogens (tertiary/aromatic N) is 1. The second-order valence-electron chi connectivity index (χ2n) is 6.09. The van der Waals surface area contributed by atoms with Crippen molar-refractivity contribution < 1.29 is 19.4 Å². The molecular weight excluding hydrogens is 246 g/mol. The van der Waals surface area contributed by atoms with Gasteiger partial charge in [0.15, 0.2) is 0 Å². The van der Waals surface area contributed by atoms with Crippen molar-refractivity contribution in [3.8, 4) is 0 Å². The second-order valence-corrected chi connectivity index (χ2v) is 6.09. The third kappa shape index (κ3) is 3.93. The van der Waals surface area contributed by atoms with E-state index in [-0.39, 0.29) is 12.5 Å². The summed E-state index contributed by atoms with van der Waals surface area (Å²) in [4.78, 5) is 24.3. The average molecular weight is 269 g/mol. The van der Waals surface area contributed by atoms with Gasteiger partial charge in [-0.3, -0.25) is 4.79 Å². The molecule has 5 nitrogen and oxygen atoms in total. The fourth-order valence-electron chi connectivity index (χ4n) is 3.03. The molecule has 0 atom stereocenters. The van der Waals surface area contributed by atoms with Gasteiger partial charge in [-0.2, -0.15) is 0 Å². The van der Waals surface area contributed by atoms with Gasteiger partial charge in [-0.1, -0.05) is 19.3 Å². The van der Waals surface area contributed by atoms with E-state index >= 15 is 0 Å². The Morgan fingerprint density at radius 2 is 1.89 bits per heavy atom. The molecule has 1 saturated heterocycles. The molecule has 0 radical (unpaired) electrons. The number of likely N-dealkylation sites (tertiary alicyclic amines) is 1. The normalized spacial score (nSPS) is 22.9. The number of amides is 1. The molecule has 1 heterocycles. The van der Waals surface area contributed by atoms with E-state index < -0.39 is 11.6 Å². The lowest BCUT2D eigenvalue weighted by atomic mass is 9.85. The predicted molar refractivity (Wildman–Crippen MR) is 69.8 cm³/mol. The van der Waals surface area contributed by atoms with Gasteiger partial charge >= 0.3 is 5.97 Å². The third-order valence-corrected chi connectivity index (χ3v) is 4.14. The highest BCUT2D eigenvalue weighted by Crippen LogP contribution is 2.30. The quantitative estimate of drug-likeness (QED) is 0.824. The van der Waals surface area contributed by atoms with Crippen LogP contribution < -0.4 is 0 Å². The molecule has 1 aliphatic carbocycles. The number of carbonyl (C=O) groups is 2. The third-order valence-electron chi connectivity index (χ3n) is 4.14. The zero-order valence-electron chi connectivity index (χ0n) is 11.6. The minimum Gasteiger partial charge on any atom is -0.480 e. The number of carboxylic acid groups (broad SMARTS) is 1. The standard InChI is InChI=1S/C14H23NO4/c1-14(19-8-13(17)18)9-15(10-14)12(16)7-11-5-3-2-4-6-11/h11H,2-10H2,1H3,(H,17,18). The van der Waals surface area contributed by atoms with Gasteiger partial charge in [0.2, 0.25) is 5.91 Å². The van der Waals surface area contributed by atoms with Crippen LogP contribution in [0, 0.1) is 5.92 Å². The van der Waals surface area contributed by atoms with Crippen LogP contribution in [0.4, 0.5) is 0 Å². The Balaban J connectivity index is 1.70. The largest absolute Gasteiger partial charge is 0.480 e. The number of rotatable bonds is 5. The highest BCUT2D eigenvalue weighted by molar-refractivity contribution is 5.77. The first-order chi connectivity index (χ1) is 8.98. The fourth-order valence-corrected chi connectivity index (χ4v) is 3.03. The molecule has 108 valence electrons. The summed E-state index contributed by atoms with van der Waals surface area (Å²) < 4.78 is 5.30. The lowest BCUT2D eigenvalue weighted by Crippen LogP contribution is -2.63. The molecule has 5 heteroatoms. The lowest BCUT2D eigenvalue weighted by Gasteiger charge is -2.47. The molecule has 0 aromatic carbocycles. The van der Waals surface area contributed by atoms with E-state index in [1.165, 1.54) is 32.1 Å². The van der Waals surface area contributed by atoms with Gasteiger partial charge in [-0.25, -0.2) is 4.79 Å². The zero-order chi connectivity index (χ0) is 13.9. The summed E-state index contributed by atoms with van der Waals surface area (Å²) in [7, 11) is 0. The smallest absolute Gasteiger partial charge is 0.329 e. The van der Waals surface area contributed by atoms with Crippen LogP contribution in [0.1, 0.15) is 45.4 Å². The molecular formula is C14H23NO4. The van der Waals surface area contributed by atoms with Crippen molar-refractivity contribution in [1.82, 2.24) is 4.90 Å². The Bertz CT molecular complexity index is 343. The SMILES string of the molecule is CC1(OCC(=O)O)CN(C(=O)CC2CCCCC2)C1. The van der Waals surface area contributed by atoms with Gasteiger partial charge in [0.25, 0.3) is 0 Å². The van der Waals surface area contributed by atoms with E-state index in [1.807, 2.05) is 6.92 Å². The van der Waals surface area contributed by atoms with Crippen LogP contribution in [0.15, 0.2) is 0 Å². The number of hydrogen-bond donors (Lipinski definition) is 1. The van der Waals surface area contributed by atoms with Gasteiger partial charge in [-0.05, 0) is 25.7 Å². The minimum atomic E-state index is -0.965. The van der Waals surface area contributed by atoms with E-state index in [0.29, 0.717) is 25.4 Å². The average Bonchev–Trinajstić information content (AvgIpc) is 2.34. The molecule has 0 spiro atoms. The van der Waals surface area contributed by atoms with Gasteiger partial charge in [0.1, 0.15) is 12.2 Å². The molecule has 0 aromatic rings. The molecule has 2 aliphatic rings. The second kappa shape index (κ2) is 5.90. The van der Waals surface area contributed by atoms with Crippen LogP contribution in [0.2, 0.25) is 0 Å². The van der Waals surface area contributed by atoms with E-state index in [0.717, 1.165) is 0 Å². The summed E-state index contributed by atoms with van der Waals surface area (Å²) >= 11 is 0. The Morgan fingerprint density at radius 1 is 1.26 bits per heavy atom. The number of carboxylic acids is 1. The Labute approximate surface area is 113 Å². The summed E-state index contributed by atoms with van der Waals surface area (Å²) in [5.41, 5.74) is -0.472. The zero-order valence-corrected chi connectivity index (χ0v) is 11.6. The molecule has 2 rings (SSSR count). The van der Waals surface area contributed by atoms with Crippen molar-refractivity contribution in [1.29, 1.82) is 0 Å². The van der Waals surface area contributed by atoms with Crippen LogP contribution in [0.3, 0.4) is 0 Å². The first-order valence-electron chi connectivity index (χ1n) is 7.12. The van der Waals surface area contributed by atoms with E-state index in [1.54, 1.807) is 4.90 Å². The summed E-state index contributed by atoms with van der Waals surface area (Å²) in [6, 6.07) is 0. The summed E-state index contributed by atoms with van der Waals surface area (Å²) in [5, 5.41) is 8.58. The summed E-state index contributed by atoms with van der Waals surface area (Å²) in [6.07, 6.45) is 6.79. The maximum atomic E-state index is 12.1. The van der Waals surface area contributed by atoms with E-state index in [9.17, 15) is 9.59 Å². The van der Waals surface area contributed by atoms with Crippen molar-refractivity contribution in [2.45, 2.75) is 51.0 Å². The lowest BCUT2D eigenvalue weighted by molar-refractivity contribution is -0.173. The van der Waals surface area contributed by atoms with Crippen LogP contribution in [-0.2, 0) is 14.3 Å². The Hall–Kier alpha value is -1.10. The number of hydrogen-bond acceptors (Lipinski definition) is 3. The molecule has 1 aliphatic heterocycles. The van der Waals surface area contributed by atoms with Crippen LogP contribution >= 0.6 is 0 Å². The van der Waals surface area contributed by atoms with Gasteiger partial charge in [0.05, 0.1) is 13.1 Å². The molecule has 1 N–H and O–H groups in total. The maximum absolute atomic E-state index is 12.1.